The molecule has 0 saturated heterocycles. The summed E-state index contributed by atoms with van der Waals surface area (Å²) in [4.78, 5) is 6.68. The molecule has 0 amide bonds. The van der Waals surface area contributed by atoms with Crippen LogP contribution >= 0.6 is 0 Å². The summed E-state index contributed by atoms with van der Waals surface area (Å²) in [6.07, 6.45) is 2.47. The van der Waals surface area contributed by atoms with Gasteiger partial charge in [-0.25, -0.2) is 0 Å². The van der Waals surface area contributed by atoms with E-state index in [9.17, 15) is 0 Å². The third-order valence-electron chi connectivity index (χ3n) is 3.64. The van der Waals surface area contributed by atoms with Gasteiger partial charge in [-0.15, -0.1) is 0 Å². The Hall–Kier alpha value is -1.51. The first kappa shape index (κ1) is 10.6. The molecule has 0 aromatic heterocycles. The molecule has 2 unspecified atom stereocenters. The number of aliphatic imine (C=N–C) groups is 1. The number of benzene rings is 1. The van der Waals surface area contributed by atoms with Crippen LogP contribution in [0.5, 0.6) is 0 Å². The molecular formula is C14H19N3. The third-order valence-corrected chi connectivity index (χ3v) is 3.64. The Morgan fingerprint density at radius 3 is 2.88 bits per heavy atom. The first-order chi connectivity index (χ1) is 8.33. The molecule has 1 aromatic carbocycles. The monoisotopic (exact) mass is 229 g/mol. The summed E-state index contributed by atoms with van der Waals surface area (Å²) in [5.41, 5.74) is 1.45. The molecule has 1 aliphatic carbocycles. The fourth-order valence-corrected chi connectivity index (χ4v) is 2.42. The smallest absolute Gasteiger partial charge is 0.194 e. The van der Waals surface area contributed by atoms with Crippen LogP contribution in [0.4, 0.5) is 0 Å². The first-order valence-electron chi connectivity index (χ1n) is 6.39. The zero-order valence-corrected chi connectivity index (χ0v) is 10.3. The zero-order chi connectivity index (χ0) is 11.7. The summed E-state index contributed by atoms with van der Waals surface area (Å²) in [6, 6.07) is 11.4. The van der Waals surface area contributed by atoms with E-state index in [4.69, 9.17) is 0 Å². The van der Waals surface area contributed by atoms with Crippen molar-refractivity contribution < 1.29 is 0 Å². The second-order valence-electron chi connectivity index (χ2n) is 5.06. The molecule has 1 N–H and O–H groups in total. The maximum absolute atomic E-state index is 4.47. The summed E-state index contributed by atoms with van der Waals surface area (Å²) in [5, 5.41) is 3.55. The summed E-state index contributed by atoms with van der Waals surface area (Å²) >= 11 is 0. The number of guanidine groups is 1. The zero-order valence-electron chi connectivity index (χ0n) is 10.3. The van der Waals surface area contributed by atoms with Crippen LogP contribution in [0.25, 0.3) is 0 Å². The Balaban J connectivity index is 1.50. The molecule has 0 radical (unpaired) electrons. The molecule has 2 aliphatic rings. The Kier molecular flexibility index (Phi) is 2.75. The second kappa shape index (κ2) is 4.40. The van der Waals surface area contributed by atoms with Crippen LogP contribution in [0, 0.1) is 5.92 Å². The maximum Gasteiger partial charge on any atom is 0.194 e. The molecule has 1 heterocycles. The largest absolute Gasteiger partial charge is 0.353 e. The first-order valence-corrected chi connectivity index (χ1v) is 6.39. The molecule has 90 valence electrons. The highest BCUT2D eigenvalue weighted by Gasteiger charge is 2.38. The standard InChI is InChI=1S/C14H19N3/c1-17-8-7-15-14(17)16-13-10-12(13)9-11-5-3-2-4-6-11/h2-6,12-13H,7-10H2,1H3,(H,15,16). The average Bonchev–Trinajstić information content (AvgIpc) is 2.93. The minimum Gasteiger partial charge on any atom is -0.353 e. The lowest BCUT2D eigenvalue weighted by Gasteiger charge is -2.15. The van der Waals surface area contributed by atoms with Crippen molar-refractivity contribution >= 4 is 5.96 Å². The molecule has 0 spiro atoms. The SMILES string of the molecule is CN1CCN=C1NC1CC1Cc1ccccc1. The van der Waals surface area contributed by atoms with Gasteiger partial charge in [0.05, 0.1) is 6.54 Å². The van der Waals surface area contributed by atoms with E-state index < -0.39 is 0 Å². The van der Waals surface area contributed by atoms with Gasteiger partial charge in [0.2, 0.25) is 0 Å². The van der Waals surface area contributed by atoms with E-state index in [1.807, 2.05) is 0 Å². The average molecular weight is 229 g/mol. The Labute approximate surface area is 103 Å². The van der Waals surface area contributed by atoms with Crippen LogP contribution in [-0.2, 0) is 6.42 Å². The van der Waals surface area contributed by atoms with Gasteiger partial charge in [-0.3, -0.25) is 4.99 Å². The normalized spacial score (nSPS) is 26.9. The fourth-order valence-electron chi connectivity index (χ4n) is 2.42. The van der Waals surface area contributed by atoms with Crippen LogP contribution in [0.1, 0.15) is 12.0 Å². The van der Waals surface area contributed by atoms with Gasteiger partial charge in [0.1, 0.15) is 0 Å². The number of likely N-dealkylation sites (N-methyl/N-ethyl adjacent to an activating group) is 1. The molecule has 1 aliphatic heterocycles. The molecule has 3 heteroatoms. The molecule has 1 fully saturated rings. The van der Waals surface area contributed by atoms with Crippen molar-refractivity contribution in [2.75, 3.05) is 20.1 Å². The lowest BCUT2D eigenvalue weighted by molar-refractivity contribution is 0.530. The van der Waals surface area contributed by atoms with E-state index in [1.165, 1.54) is 18.4 Å². The quantitative estimate of drug-likeness (QED) is 0.850. The van der Waals surface area contributed by atoms with Crippen molar-refractivity contribution in [3.63, 3.8) is 0 Å². The van der Waals surface area contributed by atoms with E-state index >= 15 is 0 Å². The van der Waals surface area contributed by atoms with E-state index in [0.29, 0.717) is 6.04 Å². The minimum absolute atomic E-state index is 0.634. The molecule has 1 aromatic rings. The van der Waals surface area contributed by atoms with Gasteiger partial charge in [0.25, 0.3) is 0 Å². The van der Waals surface area contributed by atoms with Crippen molar-refractivity contribution in [1.29, 1.82) is 0 Å². The molecule has 3 nitrogen and oxygen atoms in total. The van der Waals surface area contributed by atoms with Gasteiger partial charge in [-0.2, -0.15) is 0 Å². The Morgan fingerprint density at radius 1 is 1.35 bits per heavy atom. The number of hydrogen-bond acceptors (Lipinski definition) is 3. The van der Waals surface area contributed by atoms with Crippen molar-refractivity contribution in [3.05, 3.63) is 35.9 Å². The van der Waals surface area contributed by atoms with Gasteiger partial charge in [0.15, 0.2) is 5.96 Å². The predicted octanol–water partition coefficient (Wildman–Crippen LogP) is 1.51. The van der Waals surface area contributed by atoms with Crippen LogP contribution < -0.4 is 5.32 Å². The second-order valence-corrected chi connectivity index (χ2v) is 5.06. The number of hydrogen-bond donors (Lipinski definition) is 1. The van der Waals surface area contributed by atoms with Gasteiger partial charge >= 0.3 is 0 Å². The van der Waals surface area contributed by atoms with Crippen molar-refractivity contribution in [3.8, 4) is 0 Å². The highest BCUT2D eigenvalue weighted by molar-refractivity contribution is 5.81. The maximum atomic E-state index is 4.47. The highest BCUT2D eigenvalue weighted by atomic mass is 15.3. The number of nitrogens with one attached hydrogen (secondary N) is 1. The molecule has 1 saturated carbocycles. The van der Waals surface area contributed by atoms with Crippen LogP contribution in [0.15, 0.2) is 35.3 Å². The molecule has 2 atom stereocenters. The van der Waals surface area contributed by atoms with E-state index in [2.05, 4.69) is 52.6 Å². The van der Waals surface area contributed by atoms with Crippen LogP contribution in [0.2, 0.25) is 0 Å². The summed E-state index contributed by atoms with van der Waals surface area (Å²) in [7, 11) is 2.10. The van der Waals surface area contributed by atoms with E-state index in [-0.39, 0.29) is 0 Å². The van der Waals surface area contributed by atoms with E-state index in [1.54, 1.807) is 0 Å². The lowest BCUT2D eigenvalue weighted by Crippen LogP contribution is -2.37. The summed E-state index contributed by atoms with van der Waals surface area (Å²) in [5.74, 6) is 1.87. The van der Waals surface area contributed by atoms with Gasteiger partial charge < -0.3 is 10.2 Å². The van der Waals surface area contributed by atoms with Gasteiger partial charge in [-0.05, 0) is 24.3 Å². The Morgan fingerprint density at radius 2 is 2.18 bits per heavy atom. The minimum atomic E-state index is 0.634. The van der Waals surface area contributed by atoms with Gasteiger partial charge in [-0.1, -0.05) is 30.3 Å². The fraction of sp³-hybridized carbons (Fsp3) is 0.500. The molecular weight excluding hydrogens is 210 g/mol. The highest BCUT2D eigenvalue weighted by Crippen LogP contribution is 2.33. The van der Waals surface area contributed by atoms with Gasteiger partial charge in [0, 0.05) is 19.6 Å². The van der Waals surface area contributed by atoms with Crippen LogP contribution in [-0.4, -0.2) is 37.0 Å². The predicted molar refractivity (Wildman–Crippen MR) is 70.1 cm³/mol. The summed E-state index contributed by atoms with van der Waals surface area (Å²) in [6.45, 7) is 1.99. The molecule has 0 bridgehead atoms. The van der Waals surface area contributed by atoms with Crippen molar-refractivity contribution in [1.82, 2.24) is 10.2 Å². The van der Waals surface area contributed by atoms with Crippen molar-refractivity contribution in [2.24, 2.45) is 10.9 Å². The van der Waals surface area contributed by atoms with Crippen LogP contribution in [0.3, 0.4) is 0 Å². The van der Waals surface area contributed by atoms with E-state index in [0.717, 1.165) is 25.0 Å². The molecule has 3 rings (SSSR count). The lowest BCUT2D eigenvalue weighted by atomic mass is 10.1. The number of nitrogens with zero attached hydrogens (tertiary/aromatic N) is 2. The summed E-state index contributed by atoms with van der Waals surface area (Å²) < 4.78 is 0. The number of rotatable bonds is 3. The topological polar surface area (TPSA) is 27.6 Å². The third kappa shape index (κ3) is 2.43. The Bertz CT molecular complexity index is 413. The van der Waals surface area contributed by atoms with Crippen molar-refractivity contribution in [2.45, 2.75) is 18.9 Å². The molecule has 17 heavy (non-hydrogen) atoms.